The third kappa shape index (κ3) is 5.90. The van der Waals surface area contributed by atoms with Crippen LogP contribution < -0.4 is 0 Å². The molecule has 0 aromatic heterocycles. The molecule has 1 aliphatic rings. The molecule has 0 radical (unpaired) electrons. The summed E-state index contributed by atoms with van der Waals surface area (Å²) in [7, 11) is 1.38. The second-order valence-electron chi connectivity index (χ2n) is 10.8. The fraction of sp³-hybridized carbons (Fsp3) is 0.394. The number of carbonyl (C=O) groups is 2. The van der Waals surface area contributed by atoms with Crippen LogP contribution >= 0.6 is 0 Å². The average Bonchev–Trinajstić information content (AvgIpc) is 2.97. The number of aliphatic hydroxyl groups is 1. The molecule has 3 aromatic rings. The number of rotatable bonds is 10. The fourth-order valence-corrected chi connectivity index (χ4v) is 5.66. The molecule has 0 bridgehead atoms. The molecular weight excluding hydrogens is 474 g/mol. The zero-order valence-corrected chi connectivity index (χ0v) is 22.7. The smallest absolute Gasteiger partial charge is 0.315 e. The molecule has 0 amide bonds. The van der Waals surface area contributed by atoms with Gasteiger partial charge in [0, 0.05) is 12.0 Å². The van der Waals surface area contributed by atoms with E-state index in [9.17, 15) is 14.7 Å². The Hall–Kier alpha value is -3.28. The lowest BCUT2D eigenvalue weighted by Gasteiger charge is -2.42. The van der Waals surface area contributed by atoms with Crippen LogP contribution in [0.1, 0.15) is 66.6 Å². The van der Waals surface area contributed by atoms with E-state index >= 15 is 0 Å². The van der Waals surface area contributed by atoms with Crippen molar-refractivity contribution in [1.29, 1.82) is 0 Å². The second-order valence-corrected chi connectivity index (χ2v) is 10.8. The van der Waals surface area contributed by atoms with Crippen molar-refractivity contribution in [2.75, 3.05) is 26.7 Å². The quantitative estimate of drug-likeness (QED) is 0.276. The lowest BCUT2D eigenvalue weighted by molar-refractivity contribution is -0.146. The van der Waals surface area contributed by atoms with Crippen molar-refractivity contribution in [3.8, 4) is 0 Å². The maximum atomic E-state index is 12.9. The van der Waals surface area contributed by atoms with Crippen LogP contribution in [-0.2, 0) is 20.5 Å². The van der Waals surface area contributed by atoms with Crippen molar-refractivity contribution in [1.82, 2.24) is 4.90 Å². The molecule has 3 aromatic carbocycles. The van der Waals surface area contributed by atoms with Gasteiger partial charge in [0.1, 0.15) is 5.60 Å². The molecule has 0 atom stereocenters. The molecular formula is C33H39NO4. The summed E-state index contributed by atoms with van der Waals surface area (Å²) in [4.78, 5) is 27.5. The fourth-order valence-electron chi connectivity index (χ4n) is 5.66. The number of methoxy groups -OCH3 is 1. The number of nitrogens with zero attached hydrogens (tertiary/aromatic N) is 1. The molecule has 0 unspecified atom stereocenters. The summed E-state index contributed by atoms with van der Waals surface area (Å²) < 4.78 is 4.94. The van der Waals surface area contributed by atoms with Crippen LogP contribution in [0.4, 0.5) is 0 Å². The maximum Gasteiger partial charge on any atom is 0.315 e. The van der Waals surface area contributed by atoms with Crippen molar-refractivity contribution >= 4 is 11.8 Å². The molecule has 1 aliphatic heterocycles. The molecule has 200 valence electrons. The van der Waals surface area contributed by atoms with E-state index in [-0.39, 0.29) is 17.7 Å². The minimum atomic E-state index is -1.02. The highest BCUT2D eigenvalue weighted by atomic mass is 16.5. The number of carbonyl (C=O) groups excluding carboxylic acids is 2. The minimum Gasteiger partial charge on any atom is -0.468 e. The third-order valence-corrected chi connectivity index (χ3v) is 8.09. The molecule has 5 nitrogen and oxygen atoms in total. The number of benzene rings is 3. The lowest BCUT2D eigenvalue weighted by atomic mass is 9.72. The number of hydrogen-bond acceptors (Lipinski definition) is 5. The summed E-state index contributed by atoms with van der Waals surface area (Å²) in [6.07, 6.45) is 3.01. The summed E-state index contributed by atoms with van der Waals surface area (Å²) in [5, 5.41) is 12.1. The molecule has 5 heteroatoms. The number of Topliss-reactive ketones (excluding diaryl/α,β-unsaturated/α-hetero) is 1. The maximum absolute atomic E-state index is 12.9. The van der Waals surface area contributed by atoms with Crippen LogP contribution in [0.25, 0.3) is 0 Å². The van der Waals surface area contributed by atoms with Crippen LogP contribution in [0.5, 0.6) is 0 Å². The Labute approximate surface area is 226 Å². The Kier molecular flexibility index (Phi) is 8.80. The van der Waals surface area contributed by atoms with Gasteiger partial charge >= 0.3 is 5.97 Å². The van der Waals surface area contributed by atoms with Crippen molar-refractivity contribution in [2.45, 2.75) is 50.5 Å². The monoisotopic (exact) mass is 513 g/mol. The normalized spacial score (nSPS) is 15.3. The highest BCUT2D eigenvalue weighted by molar-refractivity contribution is 5.96. The van der Waals surface area contributed by atoms with Crippen LogP contribution in [0, 0.1) is 5.92 Å². The van der Waals surface area contributed by atoms with Gasteiger partial charge in [0.25, 0.3) is 0 Å². The molecule has 4 rings (SSSR count). The average molecular weight is 514 g/mol. The predicted molar refractivity (Wildman–Crippen MR) is 150 cm³/mol. The van der Waals surface area contributed by atoms with Gasteiger partial charge in [-0.15, -0.1) is 0 Å². The summed E-state index contributed by atoms with van der Waals surface area (Å²) in [5.41, 5.74) is 1.46. The first-order valence-electron chi connectivity index (χ1n) is 13.5. The molecule has 1 saturated heterocycles. The second kappa shape index (κ2) is 12.1. The first-order valence-corrected chi connectivity index (χ1v) is 13.5. The number of ketones is 1. The molecule has 38 heavy (non-hydrogen) atoms. The van der Waals surface area contributed by atoms with E-state index < -0.39 is 11.0 Å². The Bertz CT molecular complexity index is 1170. The Balaban J connectivity index is 1.34. The zero-order chi connectivity index (χ0) is 27.2. The minimum absolute atomic E-state index is 0.0879. The number of esters is 1. The third-order valence-electron chi connectivity index (χ3n) is 8.09. The van der Waals surface area contributed by atoms with Gasteiger partial charge in [0.05, 0.1) is 12.5 Å². The van der Waals surface area contributed by atoms with E-state index in [1.54, 1.807) is 0 Å². The lowest BCUT2D eigenvalue weighted by Crippen LogP contribution is -2.44. The van der Waals surface area contributed by atoms with E-state index in [4.69, 9.17) is 4.74 Å². The van der Waals surface area contributed by atoms with Gasteiger partial charge in [0.2, 0.25) is 0 Å². The highest BCUT2D eigenvalue weighted by Gasteiger charge is 2.41. The van der Waals surface area contributed by atoms with Gasteiger partial charge in [-0.2, -0.15) is 0 Å². The van der Waals surface area contributed by atoms with Crippen molar-refractivity contribution < 1.29 is 19.4 Å². The van der Waals surface area contributed by atoms with Crippen LogP contribution in [-0.4, -0.2) is 48.5 Å². The summed E-state index contributed by atoms with van der Waals surface area (Å²) in [5.74, 6) is -0.118. The number of likely N-dealkylation sites (tertiary alicyclic amines) is 1. The summed E-state index contributed by atoms with van der Waals surface area (Å²) in [6, 6.07) is 27.3. The zero-order valence-electron chi connectivity index (χ0n) is 22.7. The van der Waals surface area contributed by atoms with Gasteiger partial charge in [0.15, 0.2) is 5.78 Å². The van der Waals surface area contributed by atoms with E-state index in [0.717, 1.165) is 55.6 Å². The molecule has 0 spiro atoms. The van der Waals surface area contributed by atoms with Crippen LogP contribution in [0.15, 0.2) is 84.9 Å². The largest absolute Gasteiger partial charge is 0.468 e. The van der Waals surface area contributed by atoms with Crippen LogP contribution in [0.2, 0.25) is 0 Å². The standard InChI is InChI=1S/C33H39NO4/c1-32(2,31(36)38-3)29-17-10-12-25(24-29)30(35)18-11-21-34-22-19-28(20-23-34)33(37,26-13-6-4-7-14-26)27-15-8-5-9-16-27/h4-10,12-17,24,28,37H,11,18-23H2,1-3H3. The highest BCUT2D eigenvalue weighted by Crippen LogP contribution is 2.41. The Morgan fingerprint density at radius 2 is 1.42 bits per heavy atom. The van der Waals surface area contributed by atoms with E-state index in [0.29, 0.717) is 12.0 Å². The SMILES string of the molecule is COC(=O)C(C)(C)c1cccc(C(=O)CCCN2CCC(C(O)(c3ccccc3)c3ccccc3)CC2)c1. The molecule has 0 saturated carbocycles. The van der Waals surface area contributed by atoms with Gasteiger partial charge in [-0.25, -0.2) is 0 Å². The number of piperidine rings is 1. The van der Waals surface area contributed by atoms with Crippen molar-refractivity contribution in [2.24, 2.45) is 5.92 Å². The van der Waals surface area contributed by atoms with Gasteiger partial charge < -0.3 is 14.7 Å². The van der Waals surface area contributed by atoms with E-state index in [2.05, 4.69) is 4.90 Å². The predicted octanol–water partition coefficient (Wildman–Crippen LogP) is 5.75. The topological polar surface area (TPSA) is 66.8 Å². The molecule has 1 fully saturated rings. The van der Waals surface area contributed by atoms with Crippen LogP contribution in [0.3, 0.4) is 0 Å². The van der Waals surface area contributed by atoms with Gasteiger partial charge in [-0.1, -0.05) is 78.9 Å². The molecule has 0 aliphatic carbocycles. The van der Waals surface area contributed by atoms with E-state index in [1.165, 1.54) is 7.11 Å². The molecule has 1 N–H and O–H groups in total. The number of ether oxygens (including phenoxy) is 1. The first kappa shape index (κ1) is 27.7. The van der Waals surface area contributed by atoms with E-state index in [1.807, 2.05) is 98.8 Å². The Morgan fingerprint density at radius 1 is 0.868 bits per heavy atom. The number of hydrogen-bond donors (Lipinski definition) is 1. The first-order chi connectivity index (χ1) is 18.3. The summed E-state index contributed by atoms with van der Waals surface area (Å²) >= 11 is 0. The van der Waals surface area contributed by atoms with Gasteiger partial charge in [-0.3, -0.25) is 9.59 Å². The van der Waals surface area contributed by atoms with Crippen molar-refractivity contribution in [3.05, 3.63) is 107 Å². The van der Waals surface area contributed by atoms with Gasteiger partial charge in [-0.05, 0) is 81.4 Å². The summed E-state index contributed by atoms with van der Waals surface area (Å²) in [6.45, 7) is 6.25. The Morgan fingerprint density at radius 3 is 1.97 bits per heavy atom. The van der Waals surface area contributed by atoms with Crippen molar-refractivity contribution in [3.63, 3.8) is 0 Å². The molecule has 1 heterocycles.